The number of fused-ring (bicyclic) bond motifs is 1. The molecule has 0 amide bonds. The van der Waals surface area contributed by atoms with Crippen molar-refractivity contribution in [1.82, 2.24) is 0 Å². The molecule has 0 saturated carbocycles. The second kappa shape index (κ2) is 3.14. The fourth-order valence-corrected chi connectivity index (χ4v) is 2.65. The van der Waals surface area contributed by atoms with Crippen LogP contribution in [0.5, 0.6) is 0 Å². The number of hydrogen-bond donors (Lipinski definition) is 1. The molecule has 0 saturated heterocycles. The molecule has 0 radical (unpaired) electrons. The van der Waals surface area contributed by atoms with Crippen molar-refractivity contribution in [3.8, 4) is 0 Å². The van der Waals surface area contributed by atoms with Gasteiger partial charge in [0.1, 0.15) is 5.69 Å². The van der Waals surface area contributed by atoms with Gasteiger partial charge in [0.05, 0.1) is 12.2 Å². The zero-order chi connectivity index (χ0) is 9.42. The van der Waals surface area contributed by atoms with Gasteiger partial charge in [0.25, 0.3) is 0 Å². The smallest absolute Gasteiger partial charge is 0.100 e. The molecule has 0 bridgehead atoms. The Labute approximate surface area is 82.7 Å². The number of thiophene rings is 1. The van der Waals surface area contributed by atoms with E-state index in [1.807, 2.05) is 17.6 Å². The summed E-state index contributed by atoms with van der Waals surface area (Å²) in [6, 6.07) is 0. The third-order valence-corrected chi connectivity index (χ3v) is 3.60. The van der Waals surface area contributed by atoms with Gasteiger partial charge in [-0.3, -0.25) is 4.99 Å². The van der Waals surface area contributed by atoms with Gasteiger partial charge in [0, 0.05) is 16.0 Å². The summed E-state index contributed by atoms with van der Waals surface area (Å²) in [6.07, 6.45) is 1.94. The lowest BCUT2D eigenvalue weighted by molar-refractivity contribution is 0.889. The highest BCUT2D eigenvalue weighted by molar-refractivity contribution is 7.13. The summed E-state index contributed by atoms with van der Waals surface area (Å²) in [5.41, 5.74) is 2.42. The molecular weight excluding hydrogens is 180 g/mol. The van der Waals surface area contributed by atoms with Crippen molar-refractivity contribution in [1.29, 1.82) is 0 Å². The number of nitrogens with zero attached hydrogens (tertiary/aromatic N) is 1. The Bertz CT molecular complexity index is 350. The highest BCUT2D eigenvalue weighted by Crippen LogP contribution is 2.44. The van der Waals surface area contributed by atoms with E-state index < -0.39 is 0 Å². The molecular formula is C10H14N2S. The van der Waals surface area contributed by atoms with E-state index in [0.29, 0.717) is 5.92 Å². The van der Waals surface area contributed by atoms with Gasteiger partial charge < -0.3 is 5.32 Å². The fraction of sp³-hybridized carbons (Fsp3) is 0.500. The number of nitrogens with one attached hydrogen (secondary N) is 1. The van der Waals surface area contributed by atoms with E-state index in [2.05, 4.69) is 31.1 Å². The molecule has 3 heteroatoms. The normalized spacial score (nSPS) is 14.5. The number of hydrogen-bond acceptors (Lipinski definition) is 3. The quantitative estimate of drug-likeness (QED) is 0.728. The van der Waals surface area contributed by atoms with Crippen LogP contribution < -0.4 is 5.32 Å². The maximum absolute atomic E-state index is 4.46. The predicted molar refractivity (Wildman–Crippen MR) is 59.8 cm³/mol. The van der Waals surface area contributed by atoms with Crippen molar-refractivity contribution in [3.05, 3.63) is 9.75 Å². The zero-order valence-corrected chi connectivity index (χ0v) is 9.03. The van der Waals surface area contributed by atoms with E-state index in [9.17, 15) is 0 Å². The number of aliphatic imine (C=N–C) groups is 1. The molecule has 2 rings (SSSR count). The Hall–Kier alpha value is -0.830. The van der Waals surface area contributed by atoms with Crippen LogP contribution in [-0.4, -0.2) is 12.8 Å². The summed E-state index contributed by atoms with van der Waals surface area (Å²) in [5.74, 6) is 0.574. The highest BCUT2D eigenvalue weighted by Gasteiger charge is 2.18. The summed E-state index contributed by atoms with van der Waals surface area (Å²) in [4.78, 5) is 7.21. The molecule has 1 aliphatic heterocycles. The third-order valence-electron chi connectivity index (χ3n) is 2.20. The zero-order valence-electron chi connectivity index (χ0n) is 8.22. The van der Waals surface area contributed by atoms with Crippen LogP contribution in [0.25, 0.3) is 0 Å². The van der Waals surface area contributed by atoms with Gasteiger partial charge in [0.15, 0.2) is 0 Å². The minimum absolute atomic E-state index is 0.574. The van der Waals surface area contributed by atoms with Crippen LogP contribution in [0.2, 0.25) is 0 Å². The van der Waals surface area contributed by atoms with Gasteiger partial charge >= 0.3 is 0 Å². The van der Waals surface area contributed by atoms with Crippen molar-refractivity contribution in [2.24, 2.45) is 4.99 Å². The van der Waals surface area contributed by atoms with Crippen LogP contribution in [-0.2, 0) is 0 Å². The predicted octanol–water partition coefficient (Wildman–Crippen LogP) is 3.31. The molecule has 1 aliphatic rings. The lowest BCUT2D eigenvalue weighted by atomic mass is 10.1. The molecule has 2 nitrogen and oxygen atoms in total. The van der Waals surface area contributed by atoms with Gasteiger partial charge in [0.2, 0.25) is 0 Å². The molecule has 0 aromatic carbocycles. The molecule has 0 spiro atoms. The lowest BCUT2D eigenvalue weighted by Crippen LogP contribution is -2.06. The molecule has 0 unspecified atom stereocenters. The maximum atomic E-state index is 4.46. The summed E-state index contributed by atoms with van der Waals surface area (Å²) < 4.78 is 0. The Morgan fingerprint density at radius 2 is 2.31 bits per heavy atom. The van der Waals surface area contributed by atoms with Crippen molar-refractivity contribution in [2.45, 2.75) is 26.7 Å². The number of aryl methyl sites for hydroxylation is 1. The van der Waals surface area contributed by atoms with Crippen molar-refractivity contribution in [3.63, 3.8) is 0 Å². The maximum Gasteiger partial charge on any atom is 0.100 e. The first-order valence-corrected chi connectivity index (χ1v) is 5.41. The lowest BCUT2D eigenvalue weighted by Gasteiger charge is -2.10. The number of rotatable bonds is 1. The average molecular weight is 194 g/mol. The van der Waals surface area contributed by atoms with Crippen LogP contribution >= 0.6 is 11.3 Å². The molecule has 0 atom stereocenters. The van der Waals surface area contributed by atoms with E-state index in [0.717, 1.165) is 6.54 Å². The first-order chi connectivity index (χ1) is 6.20. The van der Waals surface area contributed by atoms with Crippen LogP contribution in [0.15, 0.2) is 4.99 Å². The minimum atomic E-state index is 0.574. The second-order valence-corrected chi connectivity index (χ2v) is 4.85. The Morgan fingerprint density at radius 1 is 1.54 bits per heavy atom. The average Bonchev–Trinajstić information content (AvgIpc) is 2.45. The Morgan fingerprint density at radius 3 is 3.00 bits per heavy atom. The largest absolute Gasteiger partial charge is 0.377 e. The number of anilines is 1. The molecule has 1 aromatic rings. The summed E-state index contributed by atoms with van der Waals surface area (Å²) in [6.45, 7) is 7.46. The second-order valence-electron chi connectivity index (χ2n) is 3.59. The van der Waals surface area contributed by atoms with Crippen LogP contribution in [0.1, 0.15) is 29.5 Å². The fourth-order valence-electron chi connectivity index (χ4n) is 1.57. The monoisotopic (exact) mass is 194 g/mol. The molecule has 0 aliphatic carbocycles. The standard InChI is InChI=1S/C10H14N2S/c1-6(2)10-9-8(7(3)13-10)11-4-5-12-9/h5-6,11H,4H2,1-3H3. The Kier molecular flexibility index (Phi) is 2.12. The van der Waals surface area contributed by atoms with Crippen molar-refractivity contribution >= 4 is 28.9 Å². The van der Waals surface area contributed by atoms with Crippen molar-refractivity contribution in [2.75, 3.05) is 11.9 Å². The summed E-state index contributed by atoms with van der Waals surface area (Å²) >= 11 is 1.86. The topological polar surface area (TPSA) is 24.4 Å². The van der Waals surface area contributed by atoms with E-state index in [-0.39, 0.29) is 0 Å². The van der Waals surface area contributed by atoms with E-state index in [1.165, 1.54) is 21.1 Å². The van der Waals surface area contributed by atoms with Gasteiger partial charge in [-0.05, 0) is 12.8 Å². The molecule has 2 heterocycles. The highest BCUT2D eigenvalue weighted by atomic mass is 32.1. The molecule has 1 aromatic heterocycles. The Balaban J connectivity index is 2.56. The SMILES string of the molecule is Cc1sc(C(C)C)c2c1NCC=N2. The van der Waals surface area contributed by atoms with Gasteiger partial charge in [-0.15, -0.1) is 11.3 Å². The summed E-state index contributed by atoms with van der Waals surface area (Å²) in [7, 11) is 0. The first-order valence-electron chi connectivity index (χ1n) is 4.60. The van der Waals surface area contributed by atoms with Gasteiger partial charge in [-0.1, -0.05) is 13.8 Å². The van der Waals surface area contributed by atoms with Crippen LogP contribution in [0.3, 0.4) is 0 Å². The van der Waals surface area contributed by atoms with Gasteiger partial charge in [-0.2, -0.15) is 0 Å². The van der Waals surface area contributed by atoms with Gasteiger partial charge in [-0.25, -0.2) is 0 Å². The molecule has 0 fully saturated rings. The van der Waals surface area contributed by atoms with Crippen LogP contribution in [0.4, 0.5) is 11.4 Å². The van der Waals surface area contributed by atoms with E-state index in [1.54, 1.807) is 0 Å². The molecule has 13 heavy (non-hydrogen) atoms. The molecule has 1 N–H and O–H groups in total. The molecule has 70 valence electrons. The summed E-state index contributed by atoms with van der Waals surface area (Å²) in [5, 5.41) is 3.37. The first kappa shape index (κ1) is 8.75. The minimum Gasteiger partial charge on any atom is -0.377 e. The van der Waals surface area contributed by atoms with Crippen LogP contribution in [0, 0.1) is 6.92 Å². The van der Waals surface area contributed by atoms with E-state index in [4.69, 9.17) is 0 Å². The van der Waals surface area contributed by atoms with E-state index >= 15 is 0 Å². The third kappa shape index (κ3) is 1.37. The van der Waals surface area contributed by atoms with Crippen molar-refractivity contribution < 1.29 is 0 Å².